The average molecular weight is 473 g/mol. The lowest BCUT2D eigenvalue weighted by molar-refractivity contribution is 0.0734. The maximum absolute atomic E-state index is 14.2. The molecule has 0 bridgehead atoms. The van der Waals surface area contributed by atoms with Gasteiger partial charge in [0, 0.05) is 44.1 Å². The van der Waals surface area contributed by atoms with Crippen molar-refractivity contribution in [2.45, 2.75) is 32.9 Å². The van der Waals surface area contributed by atoms with Crippen LogP contribution in [0, 0.1) is 5.82 Å². The quantitative estimate of drug-likeness (QED) is 0.405. The fourth-order valence-electron chi connectivity index (χ4n) is 3.41. The average Bonchev–Trinajstić information content (AvgIpc) is 3.46. The summed E-state index contributed by atoms with van der Waals surface area (Å²) in [7, 11) is 1.63. The minimum atomic E-state index is -0.519. The third-order valence-electron chi connectivity index (χ3n) is 5.06. The van der Waals surface area contributed by atoms with Gasteiger partial charge in [-0.05, 0) is 37.1 Å². The van der Waals surface area contributed by atoms with E-state index >= 15 is 0 Å². The summed E-state index contributed by atoms with van der Waals surface area (Å²) in [4.78, 5) is 31.3. The summed E-state index contributed by atoms with van der Waals surface area (Å²) < 4.78 is 21.1. The van der Waals surface area contributed by atoms with Gasteiger partial charge in [-0.15, -0.1) is 11.3 Å². The molecule has 0 radical (unpaired) electrons. The summed E-state index contributed by atoms with van der Waals surface area (Å²) in [5, 5.41) is 5.37. The molecule has 1 aromatic carbocycles. The number of nitrogens with one attached hydrogen (secondary N) is 1. The van der Waals surface area contributed by atoms with Gasteiger partial charge in [-0.25, -0.2) is 9.37 Å². The van der Waals surface area contributed by atoms with Gasteiger partial charge >= 0.3 is 0 Å². The Bertz CT molecular complexity index is 1070. The molecule has 0 saturated carbocycles. The van der Waals surface area contributed by atoms with E-state index < -0.39 is 5.82 Å². The van der Waals surface area contributed by atoms with Crippen LogP contribution in [-0.4, -0.2) is 53.1 Å². The topological polar surface area (TPSA) is 76.5 Å². The van der Waals surface area contributed by atoms with Crippen LogP contribution >= 0.6 is 11.3 Å². The second-order valence-corrected chi connectivity index (χ2v) is 8.51. The third-order valence-corrected chi connectivity index (χ3v) is 5.90. The number of carbonyl (C=O) groups excluding carboxylic acids is 2. The van der Waals surface area contributed by atoms with Gasteiger partial charge in [0.25, 0.3) is 11.8 Å². The molecule has 0 unspecified atom stereocenters. The van der Waals surface area contributed by atoms with E-state index in [2.05, 4.69) is 10.3 Å². The van der Waals surface area contributed by atoms with Gasteiger partial charge in [-0.2, -0.15) is 0 Å². The van der Waals surface area contributed by atoms with Crippen LogP contribution in [0.4, 0.5) is 4.39 Å². The van der Waals surface area contributed by atoms with E-state index in [1.54, 1.807) is 29.5 Å². The number of hydrogen-bond acceptors (Lipinski definition) is 5. The van der Waals surface area contributed by atoms with Gasteiger partial charge in [-0.3, -0.25) is 9.59 Å². The number of rotatable bonds is 12. The van der Waals surface area contributed by atoms with Crippen LogP contribution in [0.15, 0.2) is 48.0 Å². The number of benzene rings is 1. The van der Waals surface area contributed by atoms with E-state index in [4.69, 9.17) is 4.74 Å². The maximum atomic E-state index is 14.2. The SMILES string of the molecule is CCCN(Cc1cccn1Cc1nc(C(=O)NCCCOC)cs1)C(=O)c1ccccc1F. The van der Waals surface area contributed by atoms with E-state index in [0.717, 1.165) is 23.5 Å². The second-order valence-electron chi connectivity index (χ2n) is 7.56. The lowest BCUT2D eigenvalue weighted by Crippen LogP contribution is -2.32. The lowest BCUT2D eigenvalue weighted by Gasteiger charge is -2.23. The van der Waals surface area contributed by atoms with Gasteiger partial charge in [-0.1, -0.05) is 19.1 Å². The molecule has 0 saturated heterocycles. The fourth-order valence-corrected chi connectivity index (χ4v) is 4.18. The van der Waals surface area contributed by atoms with E-state index in [1.807, 2.05) is 29.8 Å². The third kappa shape index (κ3) is 6.72. The van der Waals surface area contributed by atoms with E-state index in [0.29, 0.717) is 38.5 Å². The number of amides is 2. The molecule has 9 heteroatoms. The molecule has 2 amide bonds. The molecule has 0 aliphatic heterocycles. The number of carbonyl (C=O) groups is 2. The molecule has 1 N–H and O–H groups in total. The molecule has 0 aliphatic rings. The van der Waals surface area contributed by atoms with Crippen molar-refractivity contribution in [3.63, 3.8) is 0 Å². The van der Waals surface area contributed by atoms with Crippen molar-refractivity contribution in [1.29, 1.82) is 0 Å². The number of halogens is 1. The molecular formula is C24H29FN4O3S. The van der Waals surface area contributed by atoms with Crippen LogP contribution in [-0.2, 0) is 17.8 Å². The highest BCUT2D eigenvalue weighted by Gasteiger charge is 2.20. The molecule has 7 nitrogen and oxygen atoms in total. The van der Waals surface area contributed by atoms with E-state index in [9.17, 15) is 14.0 Å². The van der Waals surface area contributed by atoms with Crippen LogP contribution in [0.1, 0.15) is 51.3 Å². The summed E-state index contributed by atoms with van der Waals surface area (Å²) in [6, 6.07) is 9.89. The van der Waals surface area contributed by atoms with Gasteiger partial charge in [0.05, 0.1) is 18.7 Å². The Kier molecular flexibility index (Phi) is 9.14. The molecule has 3 aromatic rings. The number of thiazole rings is 1. The molecule has 2 aromatic heterocycles. The molecule has 0 spiro atoms. The number of hydrogen-bond donors (Lipinski definition) is 1. The molecule has 0 fully saturated rings. The Morgan fingerprint density at radius 2 is 2.06 bits per heavy atom. The Hall–Kier alpha value is -3.04. The van der Waals surface area contributed by atoms with Gasteiger partial charge in [0.1, 0.15) is 16.5 Å². The van der Waals surface area contributed by atoms with Crippen LogP contribution in [0.5, 0.6) is 0 Å². The van der Waals surface area contributed by atoms with Crippen LogP contribution < -0.4 is 5.32 Å². The minimum Gasteiger partial charge on any atom is -0.385 e. The van der Waals surface area contributed by atoms with Gasteiger partial charge < -0.3 is 19.5 Å². The fraction of sp³-hybridized carbons (Fsp3) is 0.375. The summed E-state index contributed by atoms with van der Waals surface area (Å²) in [5.41, 5.74) is 1.38. The smallest absolute Gasteiger partial charge is 0.270 e. The first-order valence-electron chi connectivity index (χ1n) is 10.9. The highest BCUT2D eigenvalue weighted by atomic mass is 32.1. The Balaban J connectivity index is 1.67. The Morgan fingerprint density at radius 3 is 2.82 bits per heavy atom. The van der Waals surface area contributed by atoms with E-state index in [1.165, 1.54) is 23.5 Å². The zero-order chi connectivity index (χ0) is 23.6. The highest BCUT2D eigenvalue weighted by molar-refractivity contribution is 7.09. The second kappa shape index (κ2) is 12.3. The number of aromatic nitrogens is 2. The van der Waals surface area contributed by atoms with Gasteiger partial charge in [0.2, 0.25) is 0 Å². The molecular weight excluding hydrogens is 443 g/mol. The van der Waals surface area contributed by atoms with Crippen molar-refractivity contribution in [1.82, 2.24) is 19.8 Å². The lowest BCUT2D eigenvalue weighted by atomic mass is 10.1. The Labute approximate surface area is 197 Å². The normalized spacial score (nSPS) is 10.9. The first-order valence-corrected chi connectivity index (χ1v) is 11.8. The first kappa shape index (κ1) is 24.6. The maximum Gasteiger partial charge on any atom is 0.270 e. The summed E-state index contributed by atoms with van der Waals surface area (Å²) in [6.45, 7) is 4.46. The zero-order valence-corrected chi connectivity index (χ0v) is 19.7. The predicted octanol–water partition coefficient (Wildman–Crippen LogP) is 3.95. The molecule has 176 valence electrons. The monoisotopic (exact) mass is 472 g/mol. The molecule has 2 heterocycles. The van der Waals surface area contributed by atoms with Gasteiger partial charge in [0.15, 0.2) is 0 Å². The predicted molar refractivity (Wildman–Crippen MR) is 126 cm³/mol. The molecule has 0 atom stereocenters. The van der Waals surface area contributed by atoms with Crippen molar-refractivity contribution in [2.24, 2.45) is 0 Å². The van der Waals surface area contributed by atoms with Crippen molar-refractivity contribution >= 4 is 23.2 Å². The largest absolute Gasteiger partial charge is 0.385 e. The molecule has 3 rings (SSSR count). The number of nitrogens with zero attached hydrogens (tertiary/aromatic N) is 3. The van der Waals surface area contributed by atoms with Crippen LogP contribution in [0.2, 0.25) is 0 Å². The number of ether oxygens (including phenoxy) is 1. The molecule has 0 aliphatic carbocycles. The first-order chi connectivity index (χ1) is 16.0. The summed E-state index contributed by atoms with van der Waals surface area (Å²) >= 11 is 1.42. The van der Waals surface area contributed by atoms with Crippen molar-refractivity contribution in [2.75, 3.05) is 26.8 Å². The minimum absolute atomic E-state index is 0.0742. The summed E-state index contributed by atoms with van der Waals surface area (Å²) in [6.07, 6.45) is 3.42. The highest BCUT2D eigenvalue weighted by Crippen LogP contribution is 2.17. The zero-order valence-electron chi connectivity index (χ0n) is 18.9. The van der Waals surface area contributed by atoms with Crippen molar-refractivity contribution < 1.29 is 18.7 Å². The van der Waals surface area contributed by atoms with Crippen LogP contribution in [0.3, 0.4) is 0 Å². The van der Waals surface area contributed by atoms with E-state index in [-0.39, 0.29) is 17.4 Å². The summed E-state index contributed by atoms with van der Waals surface area (Å²) in [5.74, 6) is -1.05. The standard InChI is InChI=1S/C24H29FN4O3S/c1-3-12-29(24(31)19-9-4-5-10-20(19)25)15-18-8-6-13-28(18)16-22-27-21(17-33-22)23(30)26-11-7-14-32-2/h4-6,8-10,13,17H,3,7,11-12,14-16H2,1-2H3,(H,26,30). The Morgan fingerprint density at radius 1 is 1.24 bits per heavy atom. The van der Waals surface area contributed by atoms with Crippen molar-refractivity contribution in [3.05, 3.63) is 75.8 Å². The number of methoxy groups -OCH3 is 1. The van der Waals surface area contributed by atoms with Crippen molar-refractivity contribution in [3.8, 4) is 0 Å². The molecule has 33 heavy (non-hydrogen) atoms. The van der Waals surface area contributed by atoms with Crippen LogP contribution in [0.25, 0.3) is 0 Å².